The number of benzene rings is 1. The van der Waals surface area contributed by atoms with E-state index in [2.05, 4.69) is 21.5 Å². The Morgan fingerprint density at radius 2 is 2.32 bits per heavy atom. The number of imidazole rings is 1. The second-order valence-corrected chi connectivity index (χ2v) is 6.42. The van der Waals surface area contributed by atoms with Crippen LogP contribution in [0.4, 0.5) is 4.39 Å². The first-order chi connectivity index (χ1) is 9.10. The average Bonchev–Trinajstić information content (AvgIpc) is 2.93. The molecule has 0 spiro atoms. The molecular formula is C13H14ClFIN3. The van der Waals surface area contributed by atoms with Crippen molar-refractivity contribution in [2.45, 2.75) is 18.3 Å². The lowest BCUT2D eigenvalue weighted by Crippen LogP contribution is -2.17. The van der Waals surface area contributed by atoms with Crippen LogP contribution in [0.1, 0.15) is 18.3 Å². The average molecular weight is 394 g/mol. The van der Waals surface area contributed by atoms with Crippen molar-refractivity contribution in [3.63, 3.8) is 0 Å². The number of halogens is 3. The molecule has 1 atom stereocenters. The summed E-state index contributed by atoms with van der Waals surface area (Å²) in [5.41, 5.74) is 1.69. The maximum absolute atomic E-state index is 13.8. The van der Waals surface area contributed by atoms with Gasteiger partial charge in [0, 0.05) is 18.7 Å². The SMILES string of the molecule is CN1CCC(n2c(CCl)nc3cc(I)c(F)cc32)C1. The van der Waals surface area contributed by atoms with Crippen molar-refractivity contribution in [1.82, 2.24) is 14.5 Å². The summed E-state index contributed by atoms with van der Waals surface area (Å²) in [6.45, 7) is 2.02. The second-order valence-electron chi connectivity index (χ2n) is 4.99. The van der Waals surface area contributed by atoms with Crippen LogP contribution in [0.3, 0.4) is 0 Å². The lowest BCUT2D eigenvalue weighted by atomic mass is 10.2. The maximum atomic E-state index is 13.8. The molecule has 1 aliphatic heterocycles. The second kappa shape index (κ2) is 5.18. The fourth-order valence-electron chi connectivity index (χ4n) is 2.76. The zero-order valence-electron chi connectivity index (χ0n) is 10.5. The van der Waals surface area contributed by atoms with Crippen molar-refractivity contribution < 1.29 is 4.39 Å². The van der Waals surface area contributed by atoms with Crippen LogP contribution in [0.5, 0.6) is 0 Å². The van der Waals surface area contributed by atoms with Crippen molar-refractivity contribution in [3.05, 3.63) is 27.3 Å². The van der Waals surface area contributed by atoms with Crippen LogP contribution in [-0.4, -0.2) is 34.6 Å². The maximum Gasteiger partial charge on any atom is 0.138 e. The van der Waals surface area contributed by atoms with E-state index in [1.54, 1.807) is 12.1 Å². The number of aromatic nitrogens is 2. The number of rotatable bonds is 2. The molecule has 1 fully saturated rings. The van der Waals surface area contributed by atoms with Gasteiger partial charge in [0.15, 0.2) is 0 Å². The lowest BCUT2D eigenvalue weighted by molar-refractivity contribution is 0.393. The fraction of sp³-hybridized carbons (Fsp3) is 0.462. The van der Waals surface area contributed by atoms with Crippen molar-refractivity contribution >= 4 is 45.2 Å². The highest BCUT2D eigenvalue weighted by Crippen LogP contribution is 2.30. The third-order valence-electron chi connectivity index (χ3n) is 3.66. The van der Waals surface area contributed by atoms with Crippen LogP contribution in [0, 0.1) is 9.39 Å². The molecule has 1 unspecified atom stereocenters. The number of hydrogen-bond donors (Lipinski definition) is 0. The van der Waals surface area contributed by atoms with E-state index in [-0.39, 0.29) is 5.82 Å². The summed E-state index contributed by atoms with van der Waals surface area (Å²) >= 11 is 8.00. The first-order valence-corrected chi connectivity index (χ1v) is 7.82. The first-order valence-electron chi connectivity index (χ1n) is 6.20. The predicted molar refractivity (Wildman–Crippen MR) is 83.1 cm³/mol. The molecule has 2 aromatic rings. The molecule has 1 aromatic carbocycles. The molecule has 6 heteroatoms. The summed E-state index contributed by atoms with van der Waals surface area (Å²) in [6.07, 6.45) is 1.06. The van der Waals surface area contributed by atoms with Gasteiger partial charge in [0.05, 0.1) is 20.5 Å². The van der Waals surface area contributed by atoms with E-state index in [0.29, 0.717) is 15.5 Å². The highest BCUT2D eigenvalue weighted by molar-refractivity contribution is 14.1. The number of hydrogen-bond acceptors (Lipinski definition) is 2. The van der Waals surface area contributed by atoms with Crippen molar-refractivity contribution in [2.24, 2.45) is 0 Å². The van der Waals surface area contributed by atoms with Crippen LogP contribution < -0.4 is 0 Å². The van der Waals surface area contributed by atoms with Crippen LogP contribution in [0.2, 0.25) is 0 Å². The topological polar surface area (TPSA) is 21.1 Å². The number of likely N-dealkylation sites (N-methyl/N-ethyl adjacent to an activating group) is 1. The summed E-state index contributed by atoms with van der Waals surface area (Å²) in [5.74, 6) is 0.993. The molecule has 0 N–H and O–H groups in total. The van der Waals surface area contributed by atoms with Gasteiger partial charge in [-0.05, 0) is 48.7 Å². The van der Waals surface area contributed by atoms with Gasteiger partial charge >= 0.3 is 0 Å². The molecule has 3 rings (SSSR count). The quantitative estimate of drug-likeness (QED) is 0.576. The van der Waals surface area contributed by atoms with E-state index in [1.165, 1.54) is 0 Å². The van der Waals surface area contributed by atoms with E-state index >= 15 is 0 Å². The molecule has 0 aliphatic carbocycles. The van der Waals surface area contributed by atoms with Gasteiger partial charge in [-0.25, -0.2) is 9.37 Å². The molecule has 2 heterocycles. The Bertz CT molecular complexity index is 628. The van der Waals surface area contributed by atoms with Gasteiger partial charge < -0.3 is 9.47 Å². The molecule has 0 saturated carbocycles. The summed E-state index contributed by atoms with van der Waals surface area (Å²) in [6, 6.07) is 3.71. The Kier molecular flexibility index (Phi) is 3.70. The Labute approximate surface area is 129 Å². The van der Waals surface area contributed by atoms with Crippen LogP contribution in [-0.2, 0) is 5.88 Å². The smallest absolute Gasteiger partial charge is 0.138 e. The molecule has 19 heavy (non-hydrogen) atoms. The van der Waals surface area contributed by atoms with Gasteiger partial charge in [-0.2, -0.15) is 0 Å². The van der Waals surface area contributed by atoms with E-state index in [9.17, 15) is 4.39 Å². The molecular weight excluding hydrogens is 380 g/mol. The molecule has 0 radical (unpaired) electrons. The molecule has 3 nitrogen and oxygen atoms in total. The van der Waals surface area contributed by atoms with Crippen LogP contribution in [0.15, 0.2) is 12.1 Å². The highest BCUT2D eigenvalue weighted by atomic mass is 127. The molecule has 0 bridgehead atoms. The molecule has 102 valence electrons. The van der Waals surface area contributed by atoms with Crippen LogP contribution >= 0.6 is 34.2 Å². The zero-order chi connectivity index (χ0) is 13.6. The fourth-order valence-corrected chi connectivity index (χ4v) is 3.40. The molecule has 1 aliphatic rings. The molecule has 1 aromatic heterocycles. The first kappa shape index (κ1) is 13.6. The summed E-state index contributed by atoms with van der Waals surface area (Å²) in [7, 11) is 2.10. The van der Waals surface area contributed by atoms with E-state index in [0.717, 1.165) is 36.4 Å². The van der Waals surface area contributed by atoms with Crippen molar-refractivity contribution in [2.75, 3.05) is 20.1 Å². The van der Waals surface area contributed by atoms with E-state index < -0.39 is 0 Å². The van der Waals surface area contributed by atoms with Crippen molar-refractivity contribution in [1.29, 1.82) is 0 Å². The normalized spacial score (nSPS) is 20.5. The van der Waals surface area contributed by atoms with E-state index in [4.69, 9.17) is 11.6 Å². The van der Waals surface area contributed by atoms with Crippen molar-refractivity contribution in [3.8, 4) is 0 Å². The van der Waals surface area contributed by atoms with Crippen LogP contribution in [0.25, 0.3) is 11.0 Å². The summed E-state index contributed by atoms with van der Waals surface area (Å²) < 4.78 is 16.5. The summed E-state index contributed by atoms with van der Waals surface area (Å²) in [5, 5.41) is 0. The third kappa shape index (κ3) is 2.36. The Balaban J connectivity index is 2.18. The minimum Gasteiger partial charge on any atom is -0.322 e. The Morgan fingerprint density at radius 3 is 2.95 bits per heavy atom. The molecule has 0 amide bonds. The predicted octanol–water partition coefficient (Wildman–Crippen LogP) is 3.40. The monoisotopic (exact) mass is 393 g/mol. The van der Waals surface area contributed by atoms with Gasteiger partial charge in [0.2, 0.25) is 0 Å². The van der Waals surface area contributed by atoms with Gasteiger partial charge in [-0.3, -0.25) is 0 Å². The Morgan fingerprint density at radius 1 is 1.53 bits per heavy atom. The van der Waals surface area contributed by atoms with Gasteiger partial charge in [0.25, 0.3) is 0 Å². The standard InChI is InChI=1S/C13H14ClFIN3/c1-18-3-2-8(7-18)19-12-4-9(15)10(16)5-11(12)17-13(19)6-14/h4-5,8H,2-3,6-7H2,1H3. The lowest BCUT2D eigenvalue weighted by Gasteiger charge is -2.16. The number of fused-ring (bicyclic) bond motifs is 1. The van der Waals surface area contributed by atoms with Gasteiger partial charge in [0.1, 0.15) is 11.6 Å². The summed E-state index contributed by atoms with van der Waals surface area (Å²) in [4.78, 5) is 6.82. The number of alkyl halides is 1. The molecule has 1 saturated heterocycles. The highest BCUT2D eigenvalue weighted by Gasteiger charge is 2.25. The Hall–Kier alpha value is -0.400. The minimum atomic E-state index is -0.193. The third-order valence-corrected chi connectivity index (χ3v) is 4.72. The van der Waals surface area contributed by atoms with E-state index in [1.807, 2.05) is 22.6 Å². The minimum absolute atomic E-state index is 0.193. The van der Waals surface area contributed by atoms with Gasteiger partial charge in [-0.15, -0.1) is 11.6 Å². The number of nitrogens with zero attached hydrogens (tertiary/aromatic N) is 3. The number of likely N-dealkylation sites (tertiary alicyclic amines) is 1. The zero-order valence-corrected chi connectivity index (χ0v) is 13.4. The largest absolute Gasteiger partial charge is 0.322 e. The van der Waals surface area contributed by atoms with Gasteiger partial charge in [-0.1, -0.05) is 0 Å².